The molecule has 0 unspecified atom stereocenters. The highest BCUT2D eigenvalue weighted by Gasteiger charge is 2.34. The first kappa shape index (κ1) is 16.2. The predicted molar refractivity (Wildman–Crippen MR) is 73.0 cm³/mol. The molecule has 2 heterocycles. The molecule has 2 atom stereocenters. The Bertz CT molecular complexity index is 332. The molecule has 2 aliphatic rings. The van der Waals surface area contributed by atoms with Gasteiger partial charge in [0.15, 0.2) is 0 Å². The molecular formula is C12H22ClN3O3. The number of ether oxygens (including phenoxy) is 1. The zero-order valence-electron chi connectivity index (χ0n) is 11.2. The Balaban J connectivity index is 0.00000180. The van der Waals surface area contributed by atoms with Crippen LogP contribution in [0.4, 0.5) is 0 Å². The van der Waals surface area contributed by atoms with Crippen LogP contribution in [-0.4, -0.2) is 66.5 Å². The number of amides is 2. The third kappa shape index (κ3) is 3.81. The monoisotopic (exact) mass is 291 g/mol. The minimum Gasteiger partial charge on any atom is -0.364 e. The molecule has 0 aliphatic carbocycles. The van der Waals surface area contributed by atoms with Gasteiger partial charge in [0.25, 0.3) is 5.91 Å². The van der Waals surface area contributed by atoms with Crippen molar-refractivity contribution in [1.29, 1.82) is 0 Å². The molecular weight excluding hydrogens is 270 g/mol. The largest absolute Gasteiger partial charge is 0.364 e. The van der Waals surface area contributed by atoms with E-state index in [2.05, 4.69) is 0 Å². The molecule has 0 aromatic carbocycles. The summed E-state index contributed by atoms with van der Waals surface area (Å²) in [5.41, 5.74) is 5.53. The number of carbonyl (C=O) groups excluding carboxylic acids is 2. The lowest BCUT2D eigenvalue weighted by atomic mass is 10.1. The summed E-state index contributed by atoms with van der Waals surface area (Å²) in [7, 11) is 0. The van der Waals surface area contributed by atoms with Crippen LogP contribution in [0.5, 0.6) is 0 Å². The van der Waals surface area contributed by atoms with Crippen molar-refractivity contribution < 1.29 is 14.3 Å². The first-order chi connectivity index (χ1) is 8.61. The Morgan fingerprint density at radius 2 is 1.74 bits per heavy atom. The lowest BCUT2D eigenvalue weighted by Gasteiger charge is -2.35. The number of carbonyl (C=O) groups is 2. The highest BCUT2D eigenvalue weighted by atomic mass is 35.5. The fraction of sp³-hybridized carbons (Fsp3) is 0.833. The Morgan fingerprint density at radius 3 is 2.21 bits per heavy atom. The summed E-state index contributed by atoms with van der Waals surface area (Å²) >= 11 is 0. The number of piperazine rings is 1. The molecule has 2 N–H and O–H groups in total. The van der Waals surface area contributed by atoms with E-state index in [0.29, 0.717) is 32.7 Å². The summed E-state index contributed by atoms with van der Waals surface area (Å²) < 4.78 is 5.60. The van der Waals surface area contributed by atoms with Gasteiger partial charge in [-0.1, -0.05) is 0 Å². The molecule has 7 heteroatoms. The SMILES string of the molecule is CC(=O)N1CCN(C(=O)[C@@H]2CC[C@H](CN)O2)CC1.Cl. The molecule has 2 amide bonds. The molecule has 0 aromatic heterocycles. The van der Waals surface area contributed by atoms with Crippen LogP contribution < -0.4 is 5.73 Å². The number of hydrogen-bond donors (Lipinski definition) is 1. The molecule has 0 radical (unpaired) electrons. The minimum absolute atomic E-state index is 0. The topological polar surface area (TPSA) is 75.9 Å². The zero-order valence-corrected chi connectivity index (χ0v) is 12.0. The van der Waals surface area contributed by atoms with E-state index in [-0.39, 0.29) is 36.4 Å². The van der Waals surface area contributed by atoms with Gasteiger partial charge in [0.1, 0.15) is 6.10 Å². The van der Waals surface area contributed by atoms with Crippen molar-refractivity contribution in [3.8, 4) is 0 Å². The van der Waals surface area contributed by atoms with Crippen molar-refractivity contribution in [2.75, 3.05) is 32.7 Å². The fourth-order valence-corrected chi connectivity index (χ4v) is 2.51. The number of rotatable bonds is 2. The number of nitrogens with two attached hydrogens (primary N) is 1. The van der Waals surface area contributed by atoms with Crippen LogP contribution in [0.15, 0.2) is 0 Å². The van der Waals surface area contributed by atoms with E-state index in [4.69, 9.17) is 10.5 Å². The third-order valence-corrected chi connectivity index (χ3v) is 3.68. The smallest absolute Gasteiger partial charge is 0.251 e. The summed E-state index contributed by atoms with van der Waals surface area (Å²) in [6.45, 7) is 4.48. The Labute approximate surface area is 119 Å². The second-order valence-corrected chi connectivity index (χ2v) is 4.89. The maximum atomic E-state index is 12.2. The van der Waals surface area contributed by atoms with E-state index in [1.807, 2.05) is 0 Å². The van der Waals surface area contributed by atoms with Crippen molar-refractivity contribution in [3.05, 3.63) is 0 Å². The highest BCUT2D eigenvalue weighted by molar-refractivity contribution is 5.85. The Kier molecular flexibility index (Phi) is 6.03. The van der Waals surface area contributed by atoms with Gasteiger partial charge >= 0.3 is 0 Å². The minimum atomic E-state index is -0.331. The van der Waals surface area contributed by atoms with Crippen molar-refractivity contribution in [2.45, 2.75) is 32.0 Å². The van der Waals surface area contributed by atoms with Crippen molar-refractivity contribution in [2.24, 2.45) is 5.73 Å². The van der Waals surface area contributed by atoms with Gasteiger partial charge in [-0.15, -0.1) is 12.4 Å². The predicted octanol–water partition coefficient (Wildman–Crippen LogP) is -0.395. The average molecular weight is 292 g/mol. The van der Waals surface area contributed by atoms with E-state index in [9.17, 15) is 9.59 Å². The van der Waals surface area contributed by atoms with Gasteiger partial charge in [-0.2, -0.15) is 0 Å². The first-order valence-electron chi connectivity index (χ1n) is 6.51. The lowest BCUT2D eigenvalue weighted by molar-refractivity contribution is -0.146. The summed E-state index contributed by atoms with van der Waals surface area (Å²) in [4.78, 5) is 27.0. The lowest BCUT2D eigenvalue weighted by Crippen LogP contribution is -2.52. The van der Waals surface area contributed by atoms with E-state index in [1.165, 1.54) is 0 Å². The van der Waals surface area contributed by atoms with Gasteiger partial charge in [0, 0.05) is 39.6 Å². The molecule has 2 saturated heterocycles. The van der Waals surface area contributed by atoms with Gasteiger partial charge < -0.3 is 20.3 Å². The molecule has 2 rings (SSSR count). The molecule has 0 bridgehead atoms. The van der Waals surface area contributed by atoms with Crippen LogP contribution in [0.2, 0.25) is 0 Å². The molecule has 0 spiro atoms. The van der Waals surface area contributed by atoms with Gasteiger partial charge in [0.05, 0.1) is 6.10 Å². The molecule has 2 aliphatic heterocycles. The van der Waals surface area contributed by atoms with Crippen LogP contribution in [-0.2, 0) is 14.3 Å². The normalized spacial score (nSPS) is 27.1. The summed E-state index contributed by atoms with van der Waals surface area (Å²) in [6.07, 6.45) is 1.31. The molecule has 6 nitrogen and oxygen atoms in total. The van der Waals surface area contributed by atoms with E-state index < -0.39 is 0 Å². The van der Waals surface area contributed by atoms with Crippen molar-refractivity contribution in [3.63, 3.8) is 0 Å². The average Bonchev–Trinajstić information content (AvgIpc) is 2.86. The number of hydrogen-bond acceptors (Lipinski definition) is 4. The summed E-state index contributed by atoms with van der Waals surface area (Å²) in [6, 6.07) is 0. The number of halogens is 1. The maximum absolute atomic E-state index is 12.2. The maximum Gasteiger partial charge on any atom is 0.251 e. The number of nitrogens with zero attached hydrogens (tertiary/aromatic N) is 2. The third-order valence-electron chi connectivity index (χ3n) is 3.68. The molecule has 0 aromatic rings. The quantitative estimate of drug-likeness (QED) is 0.751. The van der Waals surface area contributed by atoms with Crippen LogP contribution in [0.3, 0.4) is 0 Å². The fourth-order valence-electron chi connectivity index (χ4n) is 2.51. The Morgan fingerprint density at radius 1 is 1.16 bits per heavy atom. The van der Waals surface area contributed by atoms with Crippen LogP contribution in [0.1, 0.15) is 19.8 Å². The first-order valence-corrected chi connectivity index (χ1v) is 6.51. The standard InChI is InChI=1S/C12H21N3O3.ClH/c1-9(16)14-4-6-15(7-5-14)12(17)11-3-2-10(8-13)18-11;/h10-11H,2-8,13H2,1H3;1H/t10-,11+;/m1./s1. The second-order valence-electron chi connectivity index (χ2n) is 4.89. The van der Waals surface area contributed by atoms with Crippen LogP contribution in [0, 0.1) is 0 Å². The van der Waals surface area contributed by atoms with Crippen molar-refractivity contribution >= 4 is 24.2 Å². The van der Waals surface area contributed by atoms with E-state index in [0.717, 1.165) is 12.8 Å². The van der Waals surface area contributed by atoms with Gasteiger partial charge in [-0.05, 0) is 12.8 Å². The molecule has 2 fully saturated rings. The van der Waals surface area contributed by atoms with Gasteiger partial charge in [0.2, 0.25) is 5.91 Å². The molecule has 0 saturated carbocycles. The van der Waals surface area contributed by atoms with Crippen LogP contribution in [0.25, 0.3) is 0 Å². The molecule has 110 valence electrons. The Hall–Kier alpha value is -0.850. The van der Waals surface area contributed by atoms with E-state index >= 15 is 0 Å². The summed E-state index contributed by atoms with van der Waals surface area (Å²) in [5, 5.41) is 0. The van der Waals surface area contributed by atoms with E-state index in [1.54, 1.807) is 16.7 Å². The molecule has 19 heavy (non-hydrogen) atoms. The second kappa shape index (κ2) is 7.07. The van der Waals surface area contributed by atoms with Gasteiger partial charge in [-0.3, -0.25) is 9.59 Å². The van der Waals surface area contributed by atoms with Crippen LogP contribution >= 0.6 is 12.4 Å². The van der Waals surface area contributed by atoms with Gasteiger partial charge in [-0.25, -0.2) is 0 Å². The highest BCUT2D eigenvalue weighted by Crippen LogP contribution is 2.21. The van der Waals surface area contributed by atoms with Crippen molar-refractivity contribution in [1.82, 2.24) is 9.80 Å². The zero-order chi connectivity index (χ0) is 13.1. The summed E-state index contributed by atoms with van der Waals surface area (Å²) in [5.74, 6) is 0.122.